The average molecular weight is 235 g/mol. The van der Waals surface area contributed by atoms with Crippen molar-refractivity contribution in [1.82, 2.24) is 0 Å². The number of hydrogen-bond acceptors (Lipinski definition) is 2. The largest absolute Gasteiger partial charge is 0.463 e. The number of allylic oxidation sites excluding steroid dienone is 1. The van der Waals surface area contributed by atoms with Crippen LogP contribution in [0.4, 0.5) is 0 Å². The van der Waals surface area contributed by atoms with E-state index < -0.39 is 0 Å². The van der Waals surface area contributed by atoms with Gasteiger partial charge in [0.05, 0.1) is 6.61 Å². The lowest BCUT2D eigenvalue weighted by Gasteiger charge is -2.04. The highest BCUT2D eigenvalue weighted by Crippen LogP contribution is 2.07. The van der Waals surface area contributed by atoms with Crippen molar-refractivity contribution in [1.29, 1.82) is 0 Å². The topological polar surface area (TPSA) is 26.3 Å². The zero-order chi connectivity index (χ0) is 9.56. The van der Waals surface area contributed by atoms with E-state index in [1.165, 1.54) is 0 Å². The van der Waals surface area contributed by atoms with Crippen molar-refractivity contribution < 1.29 is 9.53 Å². The van der Waals surface area contributed by atoms with E-state index in [-0.39, 0.29) is 5.97 Å². The Balaban J connectivity index is 4.23. The monoisotopic (exact) mass is 234 g/mol. The molecule has 0 radical (unpaired) electrons. The normalized spacial score (nSPS) is 11.9. The van der Waals surface area contributed by atoms with Gasteiger partial charge in [0.15, 0.2) is 0 Å². The van der Waals surface area contributed by atoms with Crippen LogP contribution in [0.1, 0.15) is 20.8 Å². The number of esters is 1. The number of alkyl halides is 1. The Morgan fingerprint density at radius 3 is 2.50 bits per heavy atom. The van der Waals surface area contributed by atoms with Gasteiger partial charge in [-0.25, -0.2) is 4.79 Å². The molecular weight excluding hydrogens is 220 g/mol. The van der Waals surface area contributed by atoms with Gasteiger partial charge in [-0.2, -0.15) is 0 Å². The second-order valence-electron chi connectivity index (χ2n) is 2.79. The SMILES string of the molecule is CCOC(=O)/C(=C/C(C)C)CBr. The van der Waals surface area contributed by atoms with Crippen LogP contribution in [0.3, 0.4) is 0 Å². The first-order valence-electron chi connectivity index (χ1n) is 4.05. The molecule has 0 spiro atoms. The molecule has 0 amide bonds. The first kappa shape index (κ1) is 11.7. The molecule has 12 heavy (non-hydrogen) atoms. The lowest BCUT2D eigenvalue weighted by Crippen LogP contribution is -2.09. The summed E-state index contributed by atoms with van der Waals surface area (Å²) in [6, 6.07) is 0. The molecule has 0 aliphatic heterocycles. The summed E-state index contributed by atoms with van der Waals surface area (Å²) in [5.41, 5.74) is 0.701. The molecule has 0 heterocycles. The maximum Gasteiger partial charge on any atom is 0.334 e. The first-order chi connectivity index (χ1) is 5.61. The minimum absolute atomic E-state index is 0.219. The Bertz CT molecular complexity index is 173. The predicted octanol–water partition coefficient (Wildman–Crippen LogP) is 2.53. The van der Waals surface area contributed by atoms with E-state index in [0.717, 1.165) is 0 Å². The number of halogens is 1. The lowest BCUT2D eigenvalue weighted by atomic mass is 10.1. The van der Waals surface area contributed by atoms with Gasteiger partial charge < -0.3 is 4.74 Å². The van der Waals surface area contributed by atoms with Crippen molar-refractivity contribution in [2.24, 2.45) is 5.92 Å². The molecule has 0 aromatic heterocycles. The zero-order valence-electron chi connectivity index (χ0n) is 7.76. The summed E-state index contributed by atoms with van der Waals surface area (Å²) in [5.74, 6) is 0.157. The van der Waals surface area contributed by atoms with E-state index in [1.807, 2.05) is 19.9 Å². The summed E-state index contributed by atoms with van der Waals surface area (Å²) in [7, 11) is 0. The van der Waals surface area contributed by atoms with Gasteiger partial charge >= 0.3 is 5.97 Å². The second kappa shape index (κ2) is 6.23. The average Bonchev–Trinajstić information content (AvgIpc) is 2.00. The number of carbonyl (C=O) groups is 1. The molecule has 0 fully saturated rings. The highest BCUT2D eigenvalue weighted by Gasteiger charge is 2.08. The van der Waals surface area contributed by atoms with E-state index >= 15 is 0 Å². The van der Waals surface area contributed by atoms with Crippen molar-refractivity contribution in [3.05, 3.63) is 11.6 Å². The van der Waals surface area contributed by atoms with Crippen molar-refractivity contribution >= 4 is 21.9 Å². The Labute approximate surface area is 82.1 Å². The van der Waals surface area contributed by atoms with Crippen LogP contribution in [0.15, 0.2) is 11.6 Å². The molecule has 0 bridgehead atoms. The fraction of sp³-hybridized carbons (Fsp3) is 0.667. The minimum Gasteiger partial charge on any atom is -0.463 e. The molecule has 0 N–H and O–H groups in total. The fourth-order valence-electron chi connectivity index (χ4n) is 0.793. The number of ether oxygens (including phenoxy) is 1. The van der Waals surface area contributed by atoms with E-state index in [1.54, 1.807) is 6.92 Å². The smallest absolute Gasteiger partial charge is 0.334 e. The quantitative estimate of drug-likeness (QED) is 0.425. The first-order valence-corrected chi connectivity index (χ1v) is 5.17. The van der Waals surface area contributed by atoms with Crippen molar-refractivity contribution in [3.63, 3.8) is 0 Å². The van der Waals surface area contributed by atoms with E-state index in [0.29, 0.717) is 23.4 Å². The summed E-state index contributed by atoms with van der Waals surface area (Å²) in [6.45, 7) is 6.30. The van der Waals surface area contributed by atoms with Crippen LogP contribution in [0.25, 0.3) is 0 Å². The van der Waals surface area contributed by atoms with Crippen LogP contribution >= 0.6 is 15.9 Å². The van der Waals surface area contributed by atoms with Gasteiger partial charge in [-0.15, -0.1) is 0 Å². The summed E-state index contributed by atoms with van der Waals surface area (Å²) < 4.78 is 4.86. The third kappa shape index (κ3) is 4.54. The third-order valence-electron chi connectivity index (χ3n) is 1.22. The third-order valence-corrected chi connectivity index (χ3v) is 1.82. The lowest BCUT2D eigenvalue weighted by molar-refractivity contribution is -0.138. The van der Waals surface area contributed by atoms with E-state index in [2.05, 4.69) is 15.9 Å². The standard InChI is InChI=1S/C9H15BrO2/c1-4-12-9(11)8(6-10)5-7(2)3/h5,7H,4,6H2,1-3H3/b8-5+. The van der Waals surface area contributed by atoms with Gasteiger partial charge in [0, 0.05) is 10.9 Å². The molecule has 0 aliphatic carbocycles. The van der Waals surface area contributed by atoms with Crippen LogP contribution < -0.4 is 0 Å². The van der Waals surface area contributed by atoms with Crippen molar-refractivity contribution in [2.75, 3.05) is 11.9 Å². The van der Waals surface area contributed by atoms with E-state index in [9.17, 15) is 4.79 Å². The maximum absolute atomic E-state index is 11.2. The van der Waals surface area contributed by atoms with Gasteiger partial charge in [0.25, 0.3) is 0 Å². The summed E-state index contributed by atoms with van der Waals surface area (Å²) in [4.78, 5) is 11.2. The van der Waals surface area contributed by atoms with Gasteiger partial charge in [0.2, 0.25) is 0 Å². The van der Waals surface area contributed by atoms with Crippen LogP contribution in [-0.4, -0.2) is 17.9 Å². The Hall–Kier alpha value is -0.310. The van der Waals surface area contributed by atoms with Crippen molar-refractivity contribution in [3.8, 4) is 0 Å². The second-order valence-corrected chi connectivity index (χ2v) is 3.35. The van der Waals surface area contributed by atoms with Crippen LogP contribution in [0.2, 0.25) is 0 Å². The Kier molecular flexibility index (Phi) is 6.07. The fourth-order valence-corrected chi connectivity index (χ4v) is 1.21. The van der Waals surface area contributed by atoms with E-state index in [4.69, 9.17) is 4.74 Å². The molecule has 0 atom stereocenters. The predicted molar refractivity (Wildman–Crippen MR) is 53.3 cm³/mol. The molecule has 0 rings (SSSR count). The molecule has 0 saturated heterocycles. The zero-order valence-corrected chi connectivity index (χ0v) is 9.35. The van der Waals surface area contributed by atoms with Crippen LogP contribution in [0, 0.1) is 5.92 Å². The molecule has 0 unspecified atom stereocenters. The molecule has 0 saturated carbocycles. The van der Waals surface area contributed by atoms with Gasteiger partial charge in [-0.1, -0.05) is 35.9 Å². The van der Waals surface area contributed by atoms with Gasteiger partial charge in [-0.3, -0.25) is 0 Å². The summed E-state index contributed by atoms with van der Waals surface area (Å²) in [5, 5.41) is 0.560. The van der Waals surface area contributed by atoms with Crippen LogP contribution in [0.5, 0.6) is 0 Å². The Morgan fingerprint density at radius 1 is 1.58 bits per heavy atom. The van der Waals surface area contributed by atoms with Gasteiger partial charge in [0.1, 0.15) is 0 Å². The number of carbonyl (C=O) groups excluding carboxylic acids is 1. The maximum atomic E-state index is 11.2. The summed E-state index contributed by atoms with van der Waals surface area (Å²) >= 11 is 3.25. The Morgan fingerprint density at radius 2 is 2.17 bits per heavy atom. The van der Waals surface area contributed by atoms with Crippen molar-refractivity contribution in [2.45, 2.75) is 20.8 Å². The molecule has 3 heteroatoms. The van der Waals surface area contributed by atoms with Crippen LogP contribution in [-0.2, 0) is 9.53 Å². The highest BCUT2D eigenvalue weighted by molar-refractivity contribution is 9.09. The number of rotatable bonds is 4. The highest BCUT2D eigenvalue weighted by atomic mass is 79.9. The summed E-state index contributed by atoms with van der Waals surface area (Å²) in [6.07, 6.45) is 1.91. The molecular formula is C9H15BrO2. The van der Waals surface area contributed by atoms with Gasteiger partial charge in [-0.05, 0) is 12.8 Å². The molecule has 70 valence electrons. The molecule has 0 aromatic rings. The number of hydrogen-bond donors (Lipinski definition) is 0. The molecule has 0 aliphatic rings. The molecule has 0 aromatic carbocycles. The molecule has 2 nitrogen and oxygen atoms in total. The minimum atomic E-state index is -0.219.